The number of halogens is 1. The van der Waals surface area contributed by atoms with Gasteiger partial charge < -0.3 is 11.1 Å². The number of aryl methyl sites for hydroxylation is 1. The lowest BCUT2D eigenvalue weighted by Crippen LogP contribution is -2.18. The molecule has 100 valence electrons. The van der Waals surface area contributed by atoms with Gasteiger partial charge in [-0.2, -0.15) is 5.10 Å². The summed E-state index contributed by atoms with van der Waals surface area (Å²) in [4.78, 5) is 1.53. The van der Waals surface area contributed by atoms with Gasteiger partial charge in [0.1, 0.15) is 4.99 Å². The van der Waals surface area contributed by atoms with Crippen molar-refractivity contribution in [3.8, 4) is 0 Å². The Morgan fingerprint density at radius 3 is 2.79 bits per heavy atom. The van der Waals surface area contributed by atoms with E-state index in [0.717, 1.165) is 21.3 Å². The first-order valence-electron chi connectivity index (χ1n) is 5.60. The molecule has 0 amide bonds. The molecule has 3 N–H and O–H groups in total. The maximum Gasteiger partial charge on any atom is 0.159 e. The first-order chi connectivity index (χ1) is 9.00. The van der Waals surface area contributed by atoms with Crippen LogP contribution >= 0.6 is 39.5 Å². The molecule has 0 aliphatic heterocycles. The Labute approximate surface area is 129 Å². The minimum Gasteiger partial charge on any atom is -0.389 e. The van der Waals surface area contributed by atoms with E-state index in [9.17, 15) is 0 Å². The van der Waals surface area contributed by atoms with Gasteiger partial charge in [0.15, 0.2) is 5.82 Å². The molecule has 0 aliphatic rings. The van der Waals surface area contributed by atoms with Crippen molar-refractivity contribution < 1.29 is 0 Å². The number of nitrogens with two attached hydrogens (primary N) is 1. The summed E-state index contributed by atoms with van der Waals surface area (Å²) in [6.07, 6.45) is 0. The van der Waals surface area contributed by atoms with Crippen LogP contribution in [0.4, 0.5) is 5.82 Å². The third kappa shape index (κ3) is 3.10. The molecule has 0 bridgehead atoms. The number of thiocarbonyl (C=S) groups is 1. The second kappa shape index (κ2) is 5.94. The molecule has 7 heteroatoms. The summed E-state index contributed by atoms with van der Waals surface area (Å²) < 4.78 is 1.08. The molecule has 2 aromatic rings. The van der Waals surface area contributed by atoms with Gasteiger partial charge in [0.05, 0.1) is 17.8 Å². The molecule has 2 aromatic heterocycles. The maximum atomic E-state index is 5.78. The van der Waals surface area contributed by atoms with Gasteiger partial charge in [-0.3, -0.25) is 0 Å². The summed E-state index contributed by atoms with van der Waals surface area (Å²) in [6.45, 7) is 4.50. The Bertz CT molecular complexity index is 624. The predicted molar refractivity (Wildman–Crippen MR) is 86.7 cm³/mol. The number of nitrogens with one attached hydrogen (secondary N) is 1. The molecule has 19 heavy (non-hydrogen) atoms. The minimum atomic E-state index is 0.336. The van der Waals surface area contributed by atoms with Crippen LogP contribution in [0.15, 0.2) is 15.9 Å². The average Bonchev–Trinajstić information content (AvgIpc) is 2.76. The third-order valence-electron chi connectivity index (χ3n) is 2.81. The molecule has 0 aromatic carbocycles. The number of nitrogens with zero attached hydrogens (tertiary/aromatic N) is 2. The second-order valence-corrected chi connectivity index (χ2v) is 6.34. The topological polar surface area (TPSA) is 63.8 Å². The number of hydrogen-bond acceptors (Lipinski definition) is 5. The SMILES string of the molecule is Cc1nnc(NCc2sccc2Br)c(C(N)=S)c1C. The van der Waals surface area contributed by atoms with E-state index in [-0.39, 0.29) is 0 Å². The predicted octanol–water partition coefficient (Wildman–Crippen LogP) is 3.16. The zero-order chi connectivity index (χ0) is 14.0. The summed E-state index contributed by atoms with van der Waals surface area (Å²) >= 11 is 10.3. The zero-order valence-corrected chi connectivity index (χ0v) is 13.7. The van der Waals surface area contributed by atoms with Crippen LogP contribution in [0, 0.1) is 13.8 Å². The Hall–Kier alpha value is -1.05. The largest absolute Gasteiger partial charge is 0.389 e. The van der Waals surface area contributed by atoms with E-state index in [2.05, 4.69) is 31.4 Å². The van der Waals surface area contributed by atoms with Gasteiger partial charge in [0, 0.05) is 9.35 Å². The van der Waals surface area contributed by atoms with Crippen molar-refractivity contribution >= 4 is 50.3 Å². The quantitative estimate of drug-likeness (QED) is 0.823. The first-order valence-corrected chi connectivity index (χ1v) is 7.68. The fraction of sp³-hybridized carbons (Fsp3) is 0.250. The van der Waals surface area contributed by atoms with E-state index >= 15 is 0 Å². The highest BCUT2D eigenvalue weighted by atomic mass is 79.9. The van der Waals surface area contributed by atoms with Crippen LogP contribution in [0.1, 0.15) is 21.7 Å². The molecule has 0 unspecified atom stereocenters. The van der Waals surface area contributed by atoms with Crippen molar-refractivity contribution in [2.24, 2.45) is 5.73 Å². The third-order valence-corrected chi connectivity index (χ3v) is 4.94. The van der Waals surface area contributed by atoms with E-state index in [4.69, 9.17) is 18.0 Å². The highest BCUT2D eigenvalue weighted by molar-refractivity contribution is 9.10. The summed E-state index contributed by atoms with van der Waals surface area (Å²) in [5, 5.41) is 13.5. The van der Waals surface area contributed by atoms with Gasteiger partial charge in [0.25, 0.3) is 0 Å². The number of rotatable bonds is 4. The van der Waals surface area contributed by atoms with Crippen molar-refractivity contribution in [1.82, 2.24) is 10.2 Å². The van der Waals surface area contributed by atoms with E-state index in [0.29, 0.717) is 17.4 Å². The molecular weight excluding hydrogens is 344 g/mol. The lowest BCUT2D eigenvalue weighted by Gasteiger charge is -2.12. The van der Waals surface area contributed by atoms with Crippen molar-refractivity contribution in [2.45, 2.75) is 20.4 Å². The Morgan fingerprint density at radius 1 is 1.47 bits per heavy atom. The molecule has 0 aliphatic carbocycles. The molecule has 0 radical (unpaired) electrons. The fourth-order valence-electron chi connectivity index (χ4n) is 1.65. The lowest BCUT2D eigenvalue weighted by atomic mass is 10.1. The van der Waals surface area contributed by atoms with Crippen molar-refractivity contribution in [3.05, 3.63) is 37.6 Å². The minimum absolute atomic E-state index is 0.336. The highest BCUT2D eigenvalue weighted by Gasteiger charge is 2.13. The summed E-state index contributed by atoms with van der Waals surface area (Å²) in [5.41, 5.74) is 8.36. The van der Waals surface area contributed by atoms with Gasteiger partial charge in [0.2, 0.25) is 0 Å². The van der Waals surface area contributed by atoms with Crippen LogP contribution in [0.2, 0.25) is 0 Å². The van der Waals surface area contributed by atoms with Crippen LogP contribution in [-0.4, -0.2) is 15.2 Å². The molecule has 0 saturated heterocycles. The maximum absolute atomic E-state index is 5.78. The van der Waals surface area contributed by atoms with E-state index in [1.165, 1.54) is 4.88 Å². The molecule has 0 fully saturated rings. The van der Waals surface area contributed by atoms with Crippen molar-refractivity contribution in [2.75, 3.05) is 5.32 Å². The molecule has 2 rings (SSSR count). The monoisotopic (exact) mass is 356 g/mol. The molecular formula is C12H13BrN4S2. The first kappa shape index (κ1) is 14.4. The van der Waals surface area contributed by atoms with Crippen molar-refractivity contribution in [3.63, 3.8) is 0 Å². The molecule has 4 nitrogen and oxygen atoms in total. The fourth-order valence-corrected chi connectivity index (χ4v) is 3.33. The lowest BCUT2D eigenvalue weighted by molar-refractivity contribution is 0.945. The van der Waals surface area contributed by atoms with Crippen LogP contribution in [0.5, 0.6) is 0 Å². The Kier molecular flexibility index (Phi) is 4.49. The molecule has 0 spiro atoms. The van der Waals surface area contributed by atoms with Gasteiger partial charge in [-0.15, -0.1) is 16.4 Å². The van der Waals surface area contributed by atoms with Gasteiger partial charge in [-0.25, -0.2) is 0 Å². The summed E-state index contributed by atoms with van der Waals surface area (Å²) in [7, 11) is 0. The average molecular weight is 357 g/mol. The standard InChI is InChI=1S/C12H13BrN4S2/c1-6-7(2)16-17-12(10(6)11(14)18)15-5-9-8(13)3-4-19-9/h3-4H,5H2,1-2H3,(H2,14,18)(H,15,17). The number of aromatic nitrogens is 2. The van der Waals surface area contributed by atoms with Gasteiger partial charge in [-0.1, -0.05) is 12.2 Å². The van der Waals surface area contributed by atoms with Gasteiger partial charge in [-0.05, 0) is 46.8 Å². The summed E-state index contributed by atoms with van der Waals surface area (Å²) in [6, 6.07) is 2.02. The second-order valence-electron chi connectivity index (χ2n) is 4.04. The normalized spacial score (nSPS) is 10.5. The van der Waals surface area contributed by atoms with E-state index in [1.54, 1.807) is 11.3 Å². The van der Waals surface area contributed by atoms with Crippen LogP contribution in [0.25, 0.3) is 0 Å². The van der Waals surface area contributed by atoms with Crippen LogP contribution < -0.4 is 11.1 Å². The van der Waals surface area contributed by atoms with Crippen molar-refractivity contribution in [1.29, 1.82) is 0 Å². The Morgan fingerprint density at radius 2 is 2.21 bits per heavy atom. The van der Waals surface area contributed by atoms with Crippen LogP contribution in [0.3, 0.4) is 0 Å². The number of hydrogen-bond donors (Lipinski definition) is 2. The van der Waals surface area contributed by atoms with Crippen LogP contribution in [-0.2, 0) is 6.54 Å². The van der Waals surface area contributed by atoms with E-state index < -0.39 is 0 Å². The highest BCUT2D eigenvalue weighted by Crippen LogP contribution is 2.25. The summed E-state index contributed by atoms with van der Waals surface area (Å²) in [5.74, 6) is 0.635. The molecule has 0 atom stereocenters. The number of thiophene rings is 1. The molecule has 0 saturated carbocycles. The molecule has 2 heterocycles. The van der Waals surface area contributed by atoms with Gasteiger partial charge >= 0.3 is 0 Å². The van der Waals surface area contributed by atoms with E-state index in [1.807, 2.05) is 25.3 Å². The zero-order valence-electron chi connectivity index (χ0n) is 10.5. The Balaban J connectivity index is 2.28. The number of anilines is 1. The smallest absolute Gasteiger partial charge is 0.159 e.